The summed E-state index contributed by atoms with van der Waals surface area (Å²) in [7, 11) is 0. The van der Waals surface area contributed by atoms with Gasteiger partial charge in [0.1, 0.15) is 29.3 Å². The van der Waals surface area contributed by atoms with Crippen molar-refractivity contribution in [3.05, 3.63) is 41.7 Å². The van der Waals surface area contributed by atoms with Crippen molar-refractivity contribution in [3.63, 3.8) is 0 Å². The molecule has 9 heteroatoms. The minimum atomic E-state index is -0.270. The molecule has 0 aliphatic carbocycles. The van der Waals surface area contributed by atoms with E-state index in [1.807, 2.05) is 13.8 Å². The quantitative estimate of drug-likeness (QED) is 0.218. The lowest BCUT2D eigenvalue weighted by molar-refractivity contribution is 0.230. The monoisotopic (exact) mass is 544 g/mol. The number of hydrogen-bond donors (Lipinski definition) is 2. The number of aromatic nitrogens is 3. The van der Waals surface area contributed by atoms with Gasteiger partial charge >= 0.3 is 0 Å². The van der Waals surface area contributed by atoms with Gasteiger partial charge in [0.2, 0.25) is 0 Å². The number of aliphatic imine (C=N–C) groups is 1. The minimum Gasteiger partial charge on any atom is -0.489 e. The number of fused-ring (bicyclic) bond motifs is 1. The van der Waals surface area contributed by atoms with E-state index in [0.29, 0.717) is 12.3 Å². The molecule has 2 aromatic rings. The SMILES string of the molecule is CCNC(=NCC(C)Oc1ccc(F)cc1)NCCCc1nnc2n1CCCCC2.I. The molecule has 0 spiro atoms. The molecule has 1 unspecified atom stereocenters. The number of hydrogen-bond acceptors (Lipinski definition) is 4. The molecule has 1 aromatic heterocycles. The fourth-order valence-corrected chi connectivity index (χ4v) is 3.53. The number of aryl methyl sites for hydroxylation is 2. The van der Waals surface area contributed by atoms with Gasteiger partial charge in [0, 0.05) is 32.5 Å². The van der Waals surface area contributed by atoms with Crippen LogP contribution in [0.1, 0.15) is 51.2 Å². The van der Waals surface area contributed by atoms with Crippen LogP contribution in [0.5, 0.6) is 5.75 Å². The first-order chi connectivity index (χ1) is 14.7. The molecule has 0 bridgehead atoms. The molecule has 7 nitrogen and oxygen atoms in total. The lowest BCUT2D eigenvalue weighted by atomic mass is 10.2. The summed E-state index contributed by atoms with van der Waals surface area (Å²) >= 11 is 0. The third-order valence-corrected chi connectivity index (χ3v) is 5.06. The molecule has 2 heterocycles. The zero-order valence-electron chi connectivity index (χ0n) is 18.4. The summed E-state index contributed by atoms with van der Waals surface area (Å²) in [6.07, 6.45) is 6.50. The van der Waals surface area contributed by atoms with E-state index < -0.39 is 0 Å². The molecular weight excluding hydrogens is 510 g/mol. The van der Waals surface area contributed by atoms with E-state index in [-0.39, 0.29) is 35.9 Å². The van der Waals surface area contributed by atoms with Crippen molar-refractivity contribution in [3.8, 4) is 5.75 Å². The second kappa shape index (κ2) is 13.5. The molecule has 31 heavy (non-hydrogen) atoms. The predicted octanol–water partition coefficient (Wildman–Crippen LogP) is 3.72. The zero-order chi connectivity index (χ0) is 21.2. The molecule has 1 aliphatic heterocycles. The smallest absolute Gasteiger partial charge is 0.191 e. The summed E-state index contributed by atoms with van der Waals surface area (Å²) in [5, 5.41) is 15.4. The maximum absolute atomic E-state index is 13.0. The van der Waals surface area contributed by atoms with Gasteiger partial charge in [-0.3, -0.25) is 0 Å². The zero-order valence-corrected chi connectivity index (χ0v) is 20.8. The summed E-state index contributed by atoms with van der Waals surface area (Å²) in [5.41, 5.74) is 0. The van der Waals surface area contributed by atoms with E-state index in [1.54, 1.807) is 12.1 Å². The van der Waals surface area contributed by atoms with Crippen molar-refractivity contribution < 1.29 is 9.13 Å². The van der Waals surface area contributed by atoms with Crippen molar-refractivity contribution in [2.75, 3.05) is 19.6 Å². The number of nitrogens with zero attached hydrogens (tertiary/aromatic N) is 4. The Hall–Kier alpha value is -1.91. The first-order valence-electron chi connectivity index (χ1n) is 11.0. The molecule has 0 saturated heterocycles. The Balaban J connectivity index is 0.00000341. The van der Waals surface area contributed by atoms with Crippen LogP contribution in [0.25, 0.3) is 0 Å². The van der Waals surface area contributed by atoms with Crippen LogP contribution in [0, 0.1) is 5.82 Å². The summed E-state index contributed by atoms with van der Waals surface area (Å²) < 4.78 is 21.1. The van der Waals surface area contributed by atoms with Crippen molar-refractivity contribution >= 4 is 29.9 Å². The topological polar surface area (TPSA) is 76.4 Å². The number of ether oxygens (including phenoxy) is 1. The molecule has 1 aliphatic rings. The molecule has 172 valence electrons. The van der Waals surface area contributed by atoms with E-state index in [2.05, 4.69) is 30.4 Å². The maximum atomic E-state index is 13.0. The molecule has 0 fully saturated rings. The average Bonchev–Trinajstić information content (AvgIpc) is 2.97. The third kappa shape index (κ3) is 8.27. The number of guanidine groups is 1. The summed E-state index contributed by atoms with van der Waals surface area (Å²) in [6.45, 7) is 7.14. The van der Waals surface area contributed by atoms with E-state index in [4.69, 9.17) is 4.74 Å². The van der Waals surface area contributed by atoms with Gasteiger partial charge in [0.25, 0.3) is 0 Å². The normalized spacial score (nSPS) is 14.7. The second-order valence-electron chi connectivity index (χ2n) is 7.63. The van der Waals surface area contributed by atoms with Crippen LogP contribution in [0.15, 0.2) is 29.3 Å². The number of nitrogens with one attached hydrogen (secondary N) is 2. The van der Waals surface area contributed by atoms with Gasteiger partial charge in [-0.1, -0.05) is 6.42 Å². The largest absolute Gasteiger partial charge is 0.489 e. The van der Waals surface area contributed by atoms with Gasteiger partial charge in [0.05, 0.1) is 6.54 Å². The Bertz CT molecular complexity index is 811. The van der Waals surface area contributed by atoms with Crippen molar-refractivity contribution in [2.45, 2.75) is 65.0 Å². The van der Waals surface area contributed by atoms with E-state index in [9.17, 15) is 4.39 Å². The first kappa shape index (κ1) is 25.4. The Kier molecular flexibility index (Phi) is 11.0. The Morgan fingerprint density at radius 3 is 2.77 bits per heavy atom. The predicted molar refractivity (Wildman–Crippen MR) is 132 cm³/mol. The fourth-order valence-electron chi connectivity index (χ4n) is 3.53. The highest BCUT2D eigenvalue weighted by molar-refractivity contribution is 14.0. The highest BCUT2D eigenvalue weighted by Gasteiger charge is 2.14. The molecule has 1 atom stereocenters. The molecule has 1 aromatic carbocycles. The highest BCUT2D eigenvalue weighted by Crippen LogP contribution is 2.15. The number of benzene rings is 1. The second-order valence-corrected chi connectivity index (χ2v) is 7.63. The summed E-state index contributed by atoms with van der Waals surface area (Å²) in [4.78, 5) is 4.61. The van der Waals surface area contributed by atoms with Crippen LogP contribution in [-0.4, -0.2) is 46.5 Å². The van der Waals surface area contributed by atoms with Crippen LogP contribution in [0.2, 0.25) is 0 Å². The standard InChI is InChI=1S/C22H33FN6O.HI/c1-3-24-22(26-16-17(2)30-19-12-10-18(23)11-13-19)25-14-7-9-21-28-27-20-8-5-4-6-15-29(20)21;/h10-13,17H,3-9,14-16H2,1-2H3,(H2,24,25,26);1H. The minimum absolute atomic E-state index is 0. The molecule has 0 amide bonds. The van der Waals surface area contributed by atoms with Gasteiger partial charge < -0.3 is 19.9 Å². The van der Waals surface area contributed by atoms with E-state index >= 15 is 0 Å². The van der Waals surface area contributed by atoms with Crippen LogP contribution < -0.4 is 15.4 Å². The van der Waals surface area contributed by atoms with Gasteiger partial charge in [-0.15, -0.1) is 34.2 Å². The average molecular weight is 544 g/mol. The molecule has 0 radical (unpaired) electrons. The lowest BCUT2D eigenvalue weighted by Gasteiger charge is -2.15. The number of halogens is 2. The fraction of sp³-hybridized carbons (Fsp3) is 0.591. The van der Waals surface area contributed by atoms with Crippen molar-refractivity contribution in [1.82, 2.24) is 25.4 Å². The summed E-state index contributed by atoms with van der Waals surface area (Å²) in [6, 6.07) is 6.05. The Morgan fingerprint density at radius 1 is 1.19 bits per heavy atom. The van der Waals surface area contributed by atoms with Crippen LogP contribution in [0.3, 0.4) is 0 Å². The van der Waals surface area contributed by atoms with Crippen LogP contribution in [-0.2, 0) is 19.4 Å². The first-order valence-corrected chi connectivity index (χ1v) is 11.0. The molecule has 3 rings (SSSR count). The Labute approximate surface area is 201 Å². The Morgan fingerprint density at radius 2 is 2.00 bits per heavy atom. The van der Waals surface area contributed by atoms with Crippen LogP contribution in [0.4, 0.5) is 4.39 Å². The number of rotatable bonds is 9. The lowest BCUT2D eigenvalue weighted by Crippen LogP contribution is -2.38. The molecule has 2 N–H and O–H groups in total. The maximum Gasteiger partial charge on any atom is 0.191 e. The third-order valence-electron chi connectivity index (χ3n) is 5.06. The van der Waals surface area contributed by atoms with Crippen LogP contribution >= 0.6 is 24.0 Å². The van der Waals surface area contributed by atoms with Gasteiger partial charge in [-0.2, -0.15) is 0 Å². The van der Waals surface area contributed by atoms with E-state index in [1.165, 1.54) is 31.4 Å². The van der Waals surface area contributed by atoms with E-state index in [0.717, 1.165) is 56.5 Å². The summed E-state index contributed by atoms with van der Waals surface area (Å²) in [5.74, 6) is 3.38. The van der Waals surface area contributed by atoms with Gasteiger partial charge in [-0.25, -0.2) is 9.38 Å². The molecular formula is C22H34FIN6O. The van der Waals surface area contributed by atoms with Gasteiger partial charge in [-0.05, 0) is 57.4 Å². The molecule has 0 saturated carbocycles. The van der Waals surface area contributed by atoms with Crippen molar-refractivity contribution in [2.24, 2.45) is 4.99 Å². The van der Waals surface area contributed by atoms with Crippen molar-refractivity contribution in [1.29, 1.82) is 0 Å². The highest BCUT2D eigenvalue weighted by atomic mass is 127. The van der Waals surface area contributed by atoms with Gasteiger partial charge in [0.15, 0.2) is 5.96 Å².